The first kappa shape index (κ1) is 15.7. The molecule has 1 saturated heterocycles. The molecule has 1 aliphatic rings. The van der Waals surface area contributed by atoms with Gasteiger partial charge in [0.2, 0.25) is 0 Å². The summed E-state index contributed by atoms with van der Waals surface area (Å²) in [5, 5.41) is 38.1. The molecule has 112 valence electrons. The van der Waals surface area contributed by atoms with E-state index in [0.717, 1.165) is 0 Å². The van der Waals surface area contributed by atoms with Crippen molar-refractivity contribution in [3.8, 4) is 0 Å². The number of rotatable bonds is 5. The van der Waals surface area contributed by atoms with E-state index in [4.69, 9.17) is 26.2 Å². The van der Waals surface area contributed by atoms with Crippen LogP contribution in [0.2, 0.25) is 5.02 Å². The van der Waals surface area contributed by atoms with Crippen LogP contribution < -0.4 is 0 Å². The Morgan fingerprint density at radius 1 is 1.25 bits per heavy atom. The van der Waals surface area contributed by atoms with Gasteiger partial charge in [-0.2, -0.15) is 0 Å². The van der Waals surface area contributed by atoms with Gasteiger partial charge in [-0.25, -0.2) is 0 Å². The first-order valence-corrected chi connectivity index (χ1v) is 6.59. The SMILES string of the molecule is OC[C@H](O)[C@@H](O)[C@H](O)[C@H]1COC(c2ccccc2Cl)O1. The van der Waals surface area contributed by atoms with Crippen LogP contribution in [0.15, 0.2) is 24.3 Å². The molecule has 4 N–H and O–H groups in total. The lowest BCUT2D eigenvalue weighted by atomic mass is 10.0. The molecular formula is C13H17ClO6. The van der Waals surface area contributed by atoms with Gasteiger partial charge in [0.05, 0.1) is 13.2 Å². The Kier molecular flexibility index (Phi) is 5.34. The highest BCUT2D eigenvalue weighted by Gasteiger charge is 2.38. The second-order valence-electron chi connectivity index (χ2n) is 4.59. The molecule has 0 amide bonds. The summed E-state index contributed by atoms with van der Waals surface area (Å²) in [6.07, 6.45) is -5.87. The lowest BCUT2D eigenvalue weighted by molar-refractivity contribution is -0.134. The number of ether oxygens (including phenoxy) is 2. The Morgan fingerprint density at radius 3 is 2.60 bits per heavy atom. The minimum absolute atomic E-state index is 0.0479. The van der Waals surface area contributed by atoms with Crippen molar-refractivity contribution < 1.29 is 29.9 Å². The van der Waals surface area contributed by atoms with Crippen molar-refractivity contribution in [2.45, 2.75) is 30.7 Å². The second kappa shape index (κ2) is 6.82. The molecule has 0 spiro atoms. The first-order chi connectivity index (χ1) is 9.54. The van der Waals surface area contributed by atoms with Gasteiger partial charge in [0.1, 0.15) is 24.4 Å². The second-order valence-corrected chi connectivity index (χ2v) is 5.00. The van der Waals surface area contributed by atoms with E-state index < -0.39 is 37.3 Å². The van der Waals surface area contributed by atoms with Gasteiger partial charge in [0, 0.05) is 10.6 Å². The van der Waals surface area contributed by atoms with Crippen LogP contribution in [0.1, 0.15) is 11.9 Å². The summed E-state index contributed by atoms with van der Waals surface area (Å²) in [6.45, 7) is -0.605. The predicted octanol–water partition coefficient (Wildman–Crippen LogP) is -0.171. The highest BCUT2D eigenvalue weighted by Crippen LogP contribution is 2.33. The molecule has 0 bridgehead atoms. The van der Waals surface area contributed by atoms with Crippen LogP contribution in [0.3, 0.4) is 0 Å². The van der Waals surface area contributed by atoms with E-state index in [0.29, 0.717) is 10.6 Å². The van der Waals surface area contributed by atoms with Crippen LogP contribution >= 0.6 is 11.6 Å². The van der Waals surface area contributed by atoms with Gasteiger partial charge >= 0.3 is 0 Å². The van der Waals surface area contributed by atoms with E-state index >= 15 is 0 Å². The lowest BCUT2D eigenvalue weighted by Crippen LogP contribution is -2.46. The number of hydrogen-bond donors (Lipinski definition) is 4. The van der Waals surface area contributed by atoms with Crippen molar-refractivity contribution in [3.05, 3.63) is 34.9 Å². The fourth-order valence-corrected chi connectivity index (χ4v) is 2.21. The van der Waals surface area contributed by atoms with Gasteiger partial charge < -0.3 is 29.9 Å². The Balaban J connectivity index is 2.00. The third-order valence-electron chi connectivity index (χ3n) is 3.18. The molecular weight excluding hydrogens is 288 g/mol. The molecule has 1 aromatic rings. The molecule has 5 atom stereocenters. The average molecular weight is 305 g/mol. The summed E-state index contributed by atoms with van der Waals surface area (Å²) in [5.41, 5.74) is 0.626. The maximum absolute atomic E-state index is 9.89. The van der Waals surface area contributed by atoms with E-state index in [1.54, 1.807) is 24.3 Å². The highest BCUT2D eigenvalue weighted by atomic mass is 35.5. The minimum Gasteiger partial charge on any atom is -0.394 e. The molecule has 6 nitrogen and oxygen atoms in total. The number of aliphatic hydroxyl groups is 4. The summed E-state index contributed by atoms with van der Waals surface area (Å²) < 4.78 is 10.9. The summed E-state index contributed by atoms with van der Waals surface area (Å²) in [7, 11) is 0. The van der Waals surface area contributed by atoms with Gasteiger partial charge in [-0.15, -0.1) is 0 Å². The van der Waals surface area contributed by atoms with Gasteiger partial charge in [-0.05, 0) is 6.07 Å². The molecule has 0 saturated carbocycles. The average Bonchev–Trinajstić information content (AvgIpc) is 2.94. The summed E-state index contributed by atoms with van der Waals surface area (Å²) >= 11 is 6.02. The molecule has 1 aromatic carbocycles. The van der Waals surface area contributed by atoms with E-state index in [2.05, 4.69) is 0 Å². The van der Waals surface area contributed by atoms with Crippen molar-refractivity contribution in [2.75, 3.05) is 13.2 Å². The van der Waals surface area contributed by atoms with Crippen LogP contribution in [0, 0.1) is 0 Å². The standard InChI is InChI=1S/C13H17ClO6/c14-8-4-2-1-3-7(8)13-19-6-10(20-13)12(18)11(17)9(16)5-15/h1-4,9-13,15-18H,5-6H2/t9-,10+,11+,12+,13?/m0/s1. The van der Waals surface area contributed by atoms with Crippen molar-refractivity contribution in [3.63, 3.8) is 0 Å². The van der Waals surface area contributed by atoms with Crippen LogP contribution in [0.5, 0.6) is 0 Å². The predicted molar refractivity (Wildman–Crippen MR) is 70.1 cm³/mol. The molecule has 7 heteroatoms. The summed E-state index contributed by atoms with van der Waals surface area (Å²) in [6, 6.07) is 6.98. The van der Waals surface area contributed by atoms with Crippen LogP contribution in [-0.4, -0.2) is 58.1 Å². The van der Waals surface area contributed by atoms with Crippen molar-refractivity contribution >= 4 is 11.6 Å². The van der Waals surface area contributed by atoms with Gasteiger partial charge in [-0.1, -0.05) is 29.8 Å². The summed E-state index contributed by atoms with van der Waals surface area (Å²) in [5.74, 6) is 0. The van der Waals surface area contributed by atoms with Gasteiger partial charge in [0.15, 0.2) is 6.29 Å². The molecule has 0 aliphatic carbocycles. The largest absolute Gasteiger partial charge is 0.394 e. The van der Waals surface area contributed by atoms with E-state index in [1.165, 1.54) is 0 Å². The third kappa shape index (κ3) is 3.29. The number of hydrogen-bond acceptors (Lipinski definition) is 6. The normalized spacial score (nSPS) is 27.2. The molecule has 0 aromatic heterocycles. The fraction of sp³-hybridized carbons (Fsp3) is 0.538. The highest BCUT2D eigenvalue weighted by molar-refractivity contribution is 6.31. The quantitative estimate of drug-likeness (QED) is 0.603. The molecule has 1 unspecified atom stereocenters. The Labute approximate surface area is 121 Å². The van der Waals surface area contributed by atoms with E-state index in [1.807, 2.05) is 0 Å². The van der Waals surface area contributed by atoms with E-state index in [-0.39, 0.29) is 6.61 Å². The van der Waals surface area contributed by atoms with Crippen LogP contribution in [0.25, 0.3) is 0 Å². The van der Waals surface area contributed by atoms with Crippen molar-refractivity contribution in [1.29, 1.82) is 0 Å². The van der Waals surface area contributed by atoms with E-state index in [9.17, 15) is 15.3 Å². The third-order valence-corrected chi connectivity index (χ3v) is 3.53. The topological polar surface area (TPSA) is 99.4 Å². The number of benzene rings is 1. The first-order valence-electron chi connectivity index (χ1n) is 6.21. The monoisotopic (exact) mass is 304 g/mol. The molecule has 20 heavy (non-hydrogen) atoms. The fourth-order valence-electron chi connectivity index (χ4n) is 1.98. The molecule has 2 rings (SSSR count). The maximum Gasteiger partial charge on any atom is 0.185 e. The van der Waals surface area contributed by atoms with Crippen LogP contribution in [-0.2, 0) is 9.47 Å². The zero-order valence-electron chi connectivity index (χ0n) is 10.6. The molecule has 1 heterocycles. The van der Waals surface area contributed by atoms with Crippen molar-refractivity contribution in [2.24, 2.45) is 0 Å². The Hall–Kier alpha value is -0.730. The van der Waals surface area contributed by atoms with Gasteiger partial charge in [-0.3, -0.25) is 0 Å². The zero-order valence-corrected chi connectivity index (χ0v) is 11.3. The summed E-state index contributed by atoms with van der Waals surface area (Å²) in [4.78, 5) is 0. The Bertz CT molecular complexity index is 443. The maximum atomic E-state index is 9.89. The molecule has 1 fully saturated rings. The van der Waals surface area contributed by atoms with Crippen molar-refractivity contribution in [1.82, 2.24) is 0 Å². The molecule has 1 aliphatic heterocycles. The van der Waals surface area contributed by atoms with Gasteiger partial charge in [0.25, 0.3) is 0 Å². The Morgan fingerprint density at radius 2 is 1.95 bits per heavy atom. The zero-order chi connectivity index (χ0) is 14.7. The van der Waals surface area contributed by atoms with Crippen LogP contribution in [0.4, 0.5) is 0 Å². The number of halogens is 1. The minimum atomic E-state index is -1.52. The number of aliphatic hydroxyl groups excluding tert-OH is 4. The lowest BCUT2D eigenvalue weighted by Gasteiger charge is -2.25. The molecule has 0 radical (unpaired) electrons. The smallest absolute Gasteiger partial charge is 0.185 e.